The van der Waals surface area contributed by atoms with Gasteiger partial charge in [-0.1, -0.05) is 12.1 Å². The number of carbonyl (C=O) groups excluding carboxylic acids is 1. The van der Waals surface area contributed by atoms with E-state index in [4.69, 9.17) is 0 Å². The number of H-pyrrole nitrogens is 1. The molecule has 12 heteroatoms. The third kappa shape index (κ3) is 3.44. The van der Waals surface area contributed by atoms with E-state index in [9.17, 15) is 25.0 Å². The molecule has 4 aromatic rings. The highest BCUT2D eigenvalue weighted by molar-refractivity contribution is 6.04. The highest BCUT2D eigenvalue weighted by atomic mass is 16.6. The first-order valence-corrected chi connectivity index (χ1v) is 8.59. The van der Waals surface area contributed by atoms with Crippen molar-refractivity contribution in [1.29, 1.82) is 0 Å². The maximum Gasteiger partial charge on any atom is 0.277 e. The molecule has 2 aromatic heterocycles. The smallest absolute Gasteiger partial charge is 0.277 e. The van der Waals surface area contributed by atoms with Crippen LogP contribution in [0.2, 0.25) is 0 Å². The lowest BCUT2D eigenvalue weighted by Gasteiger charge is -2.07. The average Bonchev–Trinajstić information content (AvgIpc) is 3.30. The number of anilines is 1. The van der Waals surface area contributed by atoms with E-state index in [1.807, 2.05) is 24.3 Å². The molecule has 12 nitrogen and oxygen atoms in total. The molecule has 150 valence electrons. The summed E-state index contributed by atoms with van der Waals surface area (Å²) in [6.07, 6.45) is 0. The molecule has 2 heterocycles. The molecule has 0 aliphatic carbocycles. The minimum absolute atomic E-state index is 0.231. The molecule has 0 spiro atoms. The fourth-order valence-corrected chi connectivity index (χ4v) is 2.92. The summed E-state index contributed by atoms with van der Waals surface area (Å²) in [6, 6.07) is 11.6. The molecule has 1 amide bonds. The Bertz CT molecular complexity index is 1260. The predicted molar refractivity (Wildman–Crippen MR) is 106 cm³/mol. The summed E-state index contributed by atoms with van der Waals surface area (Å²) in [4.78, 5) is 40.7. The van der Waals surface area contributed by atoms with Crippen molar-refractivity contribution < 1.29 is 14.6 Å². The van der Waals surface area contributed by atoms with Gasteiger partial charge in [-0.2, -0.15) is 9.78 Å². The van der Waals surface area contributed by atoms with Crippen molar-refractivity contribution in [2.75, 3.05) is 5.32 Å². The number of nitrogens with zero attached hydrogens (tertiary/aromatic N) is 5. The van der Waals surface area contributed by atoms with E-state index in [2.05, 4.69) is 20.4 Å². The molecular formula is C18H13N7O5. The second-order valence-corrected chi connectivity index (χ2v) is 6.37. The molecule has 0 aliphatic rings. The van der Waals surface area contributed by atoms with Crippen LogP contribution in [0, 0.1) is 27.2 Å². The van der Waals surface area contributed by atoms with Gasteiger partial charge in [0.25, 0.3) is 17.3 Å². The number of aryl methyl sites for hydroxylation is 1. The van der Waals surface area contributed by atoms with E-state index in [0.717, 1.165) is 23.7 Å². The average molecular weight is 407 g/mol. The lowest BCUT2D eigenvalue weighted by atomic mass is 10.1. The number of aromatic nitrogens is 4. The molecule has 0 aliphatic heterocycles. The SMILES string of the molecule is Cc1cc(NC(=O)c2cc([N+](=O)[O-])cc([N+](=O)[O-])c2)n(-c2nc3ccccc3[nH]2)n1. The molecule has 4 rings (SSSR count). The Morgan fingerprint density at radius 2 is 1.73 bits per heavy atom. The monoisotopic (exact) mass is 407 g/mol. The highest BCUT2D eigenvalue weighted by Gasteiger charge is 2.21. The van der Waals surface area contributed by atoms with E-state index in [1.54, 1.807) is 13.0 Å². The molecule has 0 bridgehead atoms. The molecule has 0 fully saturated rings. The van der Waals surface area contributed by atoms with Gasteiger partial charge in [0.1, 0.15) is 5.82 Å². The molecule has 0 radical (unpaired) electrons. The summed E-state index contributed by atoms with van der Waals surface area (Å²) >= 11 is 0. The Kier molecular flexibility index (Phi) is 4.43. The number of hydrogen-bond donors (Lipinski definition) is 2. The molecule has 0 saturated heterocycles. The Hall–Kier alpha value is -4.61. The van der Waals surface area contributed by atoms with Crippen molar-refractivity contribution >= 4 is 34.1 Å². The number of para-hydroxylation sites is 2. The van der Waals surface area contributed by atoms with Crippen molar-refractivity contribution in [2.45, 2.75) is 6.92 Å². The van der Waals surface area contributed by atoms with Crippen LogP contribution in [0.1, 0.15) is 16.1 Å². The zero-order valence-electron chi connectivity index (χ0n) is 15.4. The maximum absolute atomic E-state index is 12.7. The third-order valence-corrected chi connectivity index (χ3v) is 4.24. The van der Waals surface area contributed by atoms with E-state index in [-0.39, 0.29) is 11.4 Å². The Morgan fingerprint density at radius 1 is 1.07 bits per heavy atom. The highest BCUT2D eigenvalue weighted by Crippen LogP contribution is 2.24. The Morgan fingerprint density at radius 3 is 2.37 bits per heavy atom. The first-order valence-electron chi connectivity index (χ1n) is 8.59. The molecule has 2 aromatic carbocycles. The van der Waals surface area contributed by atoms with E-state index in [0.29, 0.717) is 17.2 Å². The normalized spacial score (nSPS) is 10.8. The van der Waals surface area contributed by atoms with Gasteiger partial charge >= 0.3 is 0 Å². The predicted octanol–water partition coefficient (Wildman–Crippen LogP) is 3.13. The zero-order chi connectivity index (χ0) is 21.4. The number of nitro benzene ring substituents is 2. The van der Waals surface area contributed by atoms with Crippen molar-refractivity contribution in [1.82, 2.24) is 19.7 Å². The Balaban J connectivity index is 1.71. The van der Waals surface area contributed by atoms with Crippen LogP contribution in [0.25, 0.3) is 17.0 Å². The second kappa shape index (κ2) is 7.09. The van der Waals surface area contributed by atoms with Crippen LogP contribution in [0.5, 0.6) is 0 Å². The number of non-ortho nitro benzene ring substituents is 2. The van der Waals surface area contributed by atoms with Gasteiger partial charge in [0.2, 0.25) is 5.95 Å². The van der Waals surface area contributed by atoms with Crippen molar-refractivity contribution in [3.05, 3.63) is 80.0 Å². The van der Waals surface area contributed by atoms with Gasteiger partial charge in [-0.3, -0.25) is 25.0 Å². The number of hydrogen-bond acceptors (Lipinski definition) is 7. The van der Waals surface area contributed by atoms with Crippen LogP contribution < -0.4 is 5.32 Å². The first-order chi connectivity index (χ1) is 14.3. The number of nitro groups is 2. The Labute approximate surface area is 167 Å². The number of carbonyl (C=O) groups is 1. The van der Waals surface area contributed by atoms with Gasteiger partial charge in [-0.05, 0) is 19.1 Å². The fourth-order valence-electron chi connectivity index (χ4n) is 2.92. The number of aromatic amines is 1. The number of rotatable bonds is 5. The first kappa shape index (κ1) is 18.7. The number of benzene rings is 2. The molecular weight excluding hydrogens is 394 g/mol. The van der Waals surface area contributed by atoms with E-state index in [1.165, 1.54) is 4.68 Å². The van der Waals surface area contributed by atoms with Gasteiger partial charge in [-0.15, -0.1) is 0 Å². The van der Waals surface area contributed by atoms with Gasteiger partial charge < -0.3 is 10.3 Å². The maximum atomic E-state index is 12.7. The molecule has 0 atom stereocenters. The van der Waals surface area contributed by atoms with Crippen LogP contribution >= 0.6 is 0 Å². The topological polar surface area (TPSA) is 162 Å². The number of fused-ring (bicyclic) bond motifs is 1. The van der Waals surface area contributed by atoms with Gasteiger partial charge in [0, 0.05) is 18.2 Å². The zero-order valence-corrected chi connectivity index (χ0v) is 15.4. The van der Waals surface area contributed by atoms with Gasteiger partial charge in [0.15, 0.2) is 0 Å². The van der Waals surface area contributed by atoms with Crippen LogP contribution in [-0.4, -0.2) is 35.5 Å². The lowest BCUT2D eigenvalue weighted by molar-refractivity contribution is -0.394. The molecule has 30 heavy (non-hydrogen) atoms. The van der Waals surface area contributed by atoms with E-state index < -0.39 is 27.1 Å². The van der Waals surface area contributed by atoms with Crippen molar-refractivity contribution in [3.63, 3.8) is 0 Å². The summed E-state index contributed by atoms with van der Waals surface area (Å²) in [5.41, 5.74) is 0.703. The summed E-state index contributed by atoms with van der Waals surface area (Å²) in [5, 5.41) is 29.0. The molecule has 2 N–H and O–H groups in total. The lowest BCUT2D eigenvalue weighted by Crippen LogP contribution is -2.16. The summed E-state index contributed by atoms with van der Waals surface area (Å²) < 4.78 is 1.37. The largest absolute Gasteiger partial charge is 0.322 e. The summed E-state index contributed by atoms with van der Waals surface area (Å²) in [6.45, 7) is 1.72. The second-order valence-electron chi connectivity index (χ2n) is 6.37. The summed E-state index contributed by atoms with van der Waals surface area (Å²) in [7, 11) is 0. The number of amides is 1. The van der Waals surface area contributed by atoms with Crippen LogP contribution in [0.15, 0.2) is 48.5 Å². The number of imidazole rings is 1. The minimum atomic E-state index is -0.799. The van der Waals surface area contributed by atoms with E-state index >= 15 is 0 Å². The quantitative estimate of drug-likeness (QED) is 0.379. The van der Waals surface area contributed by atoms with Crippen LogP contribution in [0.3, 0.4) is 0 Å². The molecule has 0 saturated carbocycles. The van der Waals surface area contributed by atoms with Crippen LogP contribution in [0.4, 0.5) is 17.2 Å². The minimum Gasteiger partial charge on any atom is -0.322 e. The summed E-state index contributed by atoms with van der Waals surface area (Å²) in [5.74, 6) is -0.172. The third-order valence-electron chi connectivity index (χ3n) is 4.24. The van der Waals surface area contributed by atoms with Gasteiger partial charge in [0.05, 0.1) is 38.2 Å². The van der Waals surface area contributed by atoms with Crippen molar-refractivity contribution in [2.24, 2.45) is 0 Å². The molecule has 0 unspecified atom stereocenters. The van der Waals surface area contributed by atoms with Gasteiger partial charge in [-0.25, -0.2) is 4.98 Å². The van der Waals surface area contributed by atoms with Crippen molar-refractivity contribution in [3.8, 4) is 5.95 Å². The van der Waals surface area contributed by atoms with Crippen LogP contribution in [-0.2, 0) is 0 Å². The standard InChI is InChI=1S/C18H13N7O5/c1-10-6-16(23(22-10)18-19-14-4-2-3-5-15(14)20-18)21-17(26)11-7-12(24(27)28)9-13(8-11)25(29)30/h2-9H,1H3,(H,19,20)(H,21,26). The fraction of sp³-hybridized carbons (Fsp3) is 0.0556. The number of nitrogens with one attached hydrogen (secondary N) is 2.